The molecule has 0 fully saturated rings. The molecule has 10 nitrogen and oxygen atoms in total. The van der Waals surface area contributed by atoms with E-state index in [9.17, 15) is 17.2 Å². The molecule has 0 saturated carbocycles. The quantitative estimate of drug-likeness (QED) is 0.190. The van der Waals surface area contributed by atoms with Gasteiger partial charge in [0.15, 0.2) is 32.1 Å². The second kappa shape index (κ2) is 11.9. The zero-order valence-corrected chi connectivity index (χ0v) is 24.2. The second-order valence-electron chi connectivity index (χ2n) is 8.81. The smallest absolute Gasteiger partial charge is 0.263 e. The molecule has 14 heteroatoms. The Hall–Kier alpha value is -4.36. The number of benzene rings is 2. The van der Waals surface area contributed by atoms with Crippen LogP contribution in [-0.4, -0.2) is 53.7 Å². The van der Waals surface area contributed by atoms with E-state index >= 15 is 0 Å². The van der Waals surface area contributed by atoms with Crippen molar-refractivity contribution in [3.8, 4) is 34.6 Å². The number of fused-ring (bicyclic) bond motifs is 1. The lowest BCUT2D eigenvalue weighted by molar-refractivity contribution is 0.151. The number of ether oxygens (including phenoxy) is 3. The van der Waals surface area contributed by atoms with Crippen molar-refractivity contribution < 1.29 is 31.4 Å². The number of imidazole rings is 1. The first-order chi connectivity index (χ1) is 20.2. The predicted octanol–water partition coefficient (Wildman–Crippen LogP) is 5.86. The summed E-state index contributed by atoms with van der Waals surface area (Å²) < 4.78 is 70.9. The highest BCUT2D eigenvalue weighted by Crippen LogP contribution is 2.38. The minimum atomic E-state index is -4.05. The highest BCUT2D eigenvalue weighted by atomic mass is 35.5. The molecule has 42 heavy (non-hydrogen) atoms. The third-order valence-corrected chi connectivity index (χ3v) is 8.15. The van der Waals surface area contributed by atoms with Gasteiger partial charge in [0, 0.05) is 11.6 Å². The molecule has 0 unspecified atom stereocenters. The molecule has 2 aromatic carbocycles. The number of para-hydroxylation sites is 1. The Morgan fingerprint density at radius 3 is 2.19 bits per heavy atom. The number of alkyl halides is 2. The van der Waals surface area contributed by atoms with Gasteiger partial charge in [-0.25, -0.2) is 37.1 Å². The largest absolute Gasteiger partial charge is 0.494 e. The third-order valence-electron chi connectivity index (χ3n) is 6.21. The SMILES string of the molecule is CCOc1cccc(-c2nc3nc(Cl)c(CS(=O)(=O)c4ccc(C(F)F)cc4)nc3n2-c2c(OC)cccc2OC)n1. The highest BCUT2D eigenvalue weighted by molar-refractivity contribution is 7.90. The van der Waals surface area contributed by atoms with Crippen LogP contribution in [0, 0.1) is 0 Å². The summed E-state index contributed by atoms with van der Waals surface area (Å²) in [5.74, 6) is 0.809. The standard InChI is InChI=1S/C28H24ClF2N5O5S/c1-4-41-22-10-5-7-18(32-22)27-35-26-28(36(27)23-20(39-2)8-6-9-21(23)40-3)33-19(24(29)34-26)15-42(37,38)17-13-11-16(12-14-17)25(30)31/h5-14,25H,4,15H2,1-3H3. The molecule has 5 rings (SSSR count). The van der Waals surface area contributed by atoms with Gasteiger partial charge in [0.25, 0.3) is 6.43 Å². The van der Waals surface area contributed by atoms with Crippen LogP contribution in [-0.2, 0) is 15.6 Å². The van der Waals surface area contributed by atoms with Crippen molar-refractivity contribution in [1.82, 2.24) is 24.5 Å². The van der Waals surface area contributed by atoms with E-state index in [0.717, 1.165) is 24.3 Å². The Labute approximate surface area is 244 Å². The van der Waals surface area contributed by atoms with E-state index in [2.05, 4.69) is 19.9 Å². The lowest BCUT2D eigenvalue weighted by atomic mass is 10.2. The zero-order valence-electron chi connectivity index (χ0n) is 22.6. The van der Waals surface area contributed by atoms with Gasteiger partial charge >= 0.3 is 0 Å². The van der Waals surface area contributed by atoms with Crippen LogP contribution in [0.5, 0.6) is 17.4 Å². The Balaban J connectivity index is 1.72. The summed E-state index contributed by atoms with van der Waals surface area (Å²) in [7, 11) is -1.07. The number of sulfone groups is 1. The number of halogens is 3. The molecule has 0 aliphatic carbocycles. The maximum atomic E-state index is 13.3. The molecule has 0 radical (unpaired) electrons. The van der Waals surface area contributed by atoms with Crippen LogP contribution in [0.2, 0.25) is 5.15 Å². The van der Waals surface area contributed by atoms with E-state index in [-0.39, 0.29) is 38.4 Å². The van der Waals surface area contributed by atoms with E-state index in [1.54, 1.807) is 41.0 Å². The number of methoxy groups -OCH3 is 2. The van der Waals surface area contributed by atoms with Crippen LogP contribution in [0.15, 0.2) is 65.6 Å². The molecule has 218 valence electrons. The van der Waals surface area contributed by atoms with E-state index in [0.29, 0.717) is 35.4 Å². The highest BCUT2D eigenvalue weighted by Gasteiger charge is 2.27. The first-order valence-corrected chi connectivity index (χ1v) is 14.6. The summed E-state index contributed by atoms with van der Waals surface area (Å²) in [6.07, 6.45) is -2.73. The van der Waals surface area contributed by atoms with Crippen molar-refractivity contribution in [2.75, 3.05) is 20.8 Å². The Bertz CT molecular complexity index is 1850. The summed E-state index contributed by atoms with van der Waals surface area (Å²) >= 11 is 6.43. The first kappa shape index (κ1) is 29.1. The normalized spacial score (nSPS) is 11.7. The fourth-order valence-corrected chi connectivity index (χ4v) is 5.83. The van der Waals surface area contributed by atoms with Gasteiger partial charge in [-0.1, -0.05) is 35.9 Å². The average molecular weight is 616 g/mol. The van der Waals surface area contributed by atoms with Crippen LogP contribution in [0.25, 0.3) is 28.5 Å². The summed E-state index contributed by atoms with van der Waals surface area (Å²) in [4.78, 5) is 18.0. The van der Waals surface area contributed by atoms with Gasteiger partial charge in [0.05, 0.1) is 31.4 Å². The summed E-state index contributed by atoms with van der Waals surface area (Å²) in [6, 6.07) is 14.7. The van der Waals surface area contributed by atoms with Crippen molar-refractivity contribution in [1.29, 1.82) is 0 Å². The zero-order chi connectivity index (χ0) is 30.0. The lowest BCUT2D eigenvalue weighted by Gasteiger charge is -2.16. The van der Waals surface area contributed by atoms with Gasteiger partial charge in [0.1, 0.15) is 28.6 Å². The number of nitrogens with zero attached hydrogens (tertiary/aromatic N) is 5. The molecule has 0 amide bonds. The average Bonchev–Trinajstić information content (AvgIpc) is 3.34. The minimum Gasteiger partial charge on any atom is -0.494 e. The van der Waals surface area contributed by atoms with E-state index in [1.165, 1.54) is 14.2 Å². The molecule has 3 heterocycles. The van der Waals surface area contributed by atoms with E-state index in [4.69, 9.17) is 25.8 Å². The summed E-state index contributed by atoms with van der Waals surface area (Å²) in [5, 5.41) is -0.186. The van der Waals surface area contributed by atoms with Crippen molar-refractivity contribution >= 4 is 32.7 Å². The minimum absolute atomic E-state index is 0.0697. The van der Waals surface area contributed by atoms with Gasteiger partial charge in [0.2, 0.25) is 5.88 Å². The number of pyridine rings is 1. The Morgan fingerprint density at radius 1 is 0.905 bits per heavy atom. The van der Waals surface area contributed by atoms with Crippen molar-refractivity contribution in [3.05, 3.63) is 77.1 Å². The van der Waals surface area contributed by atoms with Gasteiger partial charge in [-0.15, -0.1) is 0 Å². The molecule has 0 N–H and O–H groups in total. The topological polar surface area (TPSA) is 118 Å². The van der Waals surface area contributed by atoms with Crippen LogP contribution < -0.4 is 14.2 Å². The maximum Gasteiger partial charge on any atom is 0.263 e. The van der Waals surface area contributed by atoms with Crippen LogP contribution >= 0.6 is 11.6 Å². The fraction of sp³-hybridized carbons (Fsp3) is 0.214. The van der Waals surface area contributed by atoms with Gasteiger partial charge in [-0.2, -0.15) is 0 Å². The third kappa shape index (κ3) is 5.57. The Morgan fingerprint density at radius 2 is 1.57 bits per heavy atom. The maximum absolute atomic E-state index is 13.3. The monoisotopic (exact) mass is 615 g/mol. The van der Waals surface area contributed by atoms with Crippen molar-refractivity contribution in [3.63, 3.8) is 0 Å². The first-order valence-electron chi connectivity index (χ1n) is 12.5. The van der Waals surface area contributed by atoms with E-state index in [1.807, 2.05) is 6.92 Å². The molecule has 5 aromatic rings. The second-order valence-corrected chi connectivity index (χ2v) is 11.2. The van der Waals surface area contributed by atoms with Gasteiger partial charge in [-0.05, 0) is 37.3 Å². The van der Waals surface area contributed by atoms with Crippen LogP contribution in [0.1, 0.15) is 24.6 Å². The summed E-state index contributed by atoms with van der Waals surface area (Å²) in [6.45, 7) is 2.23. The molecule has 0 aliphatic rings. The van der Waals surface area contributed by atoms with Gasteiger partial charge < -0.3 is 14.2 Å². The van der Waals surface area contributed by atoms with Gasteiger partial charge in [-0.3, -0.25) is 4.57 Å². The molecule has 3 aromatic heterocycles. The molecule has 0 spiro atoms. The molecule has 0 bridgehead atoms. The number of hydrogen-bond donors (Lipinski definition) is 0. The molecule has 0 aliphatic heterocycles. The molecular formula is C28H24ClF2N5O5S. The van der Waals surface area contributed by atoms with Crippen molar-refractivity contribution in [2.45, 2.75) is 24.0 Å². The van der Waals surface area contributed by atoms with Crippen LogP contribution in [0.4, 0.5) is 8.78 Å². The van der Waals surface area contributed by atoms with Crippen LogP contribution in [0.3, 0.4) is 0 Å². The molecule has 0 atom stereocenters. The van der Waals surface area contributed by atoms with Crippen molar-refractivity contribution in [2.24, 2.45) is 0 Å². The van der Waals surface area contributed by atoms with E-state index < -0.39 is 22.0 Å². The number of hydrogen-bond acceptors (Lipinski definition) is 9. The summed E-state index contributed by atoms with van der Waals surface area (Å²) in [5.41, 5.74) is 0.708. The Kier molecular flexibility index (Phi) is 8.23. The fourth-order valence-electron chi connectivity index (χ4n) is 4.29. The number of aromatic nitrogens is 5. The lowest BCUT2D eigenvalue weighted by Crippen LogP contribution is -2.10. The predicted molar refractivity (Wildman–Crippen MR) is 151 cm³/mol. The molecular weight excluding hydrogens is 592 g/mol. The number of rotatable bonds is 10. The molecule has 0 saturated heterocycles.